The van der Waals surface area contributed by atoms with Crippen molar-refractivity contribution in [3.05, 3.63) is 28.8 Å². The number of hydrogen-bond acceptors (Lipinski definition) is 3. The van der Waals surface area contributed by atoms with E-state index in [0.717, 1.165) is 19.6 Å². The highest BCUT2D eigenvalue weighted by Gasteiger charge is 2.21. The van der Waals surface area contributed by atoms with Gasteiger partial charge in [-0.3, -0.25) is 4.90 Å². The summed E-state index contributed by atoms with van der Waals surface area (Å²) < 4.78 is 0. The molecule has 1 aliphatic rings. The van der Waals surface area contributed by atoms with Crippen LogP contribution < -0.4 is 5.32 Å². The summed E-state index contributed by atoms with van der Waals surface area (Å²) in [5.41, 5.74) is 1.18. The largest absolute Gasteiger partial charge is 0.506 e. The number of nitrogens with zero attached hydrogens (tertiary/aromatic N) is 1. The van der Waals surface area contributed by atoms with Crippen LogP contribution in [0.1, 0.15) is 31.2 Å². The Bertz CT molecular complexity index is 411. The second-order valence-corrected chi connectivity index (χ2v) is 5.71. The van der Waals surface area contributed by atoms with Crippen LogP contribution in [0.25, 0.3) is 0 Å². The normalized spacial score (nSPS) is 20.6. The van der Waals surface area contributed by atoms with Gasteiger partial charge >= 0.3 is 0 Å². The summed E-state index contributed by atoms with van der Waals surface area (Å²) in [4.78, 5) is 2.55. The van der Waals surface area contributed by atoms with Crippen LogP contribution in [-0.4, -0.2) is 36.2 Å². The standard InChI is InChI=1S/C15H23ClN2O/c1-17-8-7-13-4-2-3-9-18(13)11-12-5-6-15(19)14(16)10-12/h5-6,10,13,17,19H,2-4,7-9,11H2,1H3. The van der Waals surface area contributed by atoms with Gasteiger partial charge in [0.2, 0.25) is 0 Å². The molecule has 2 N–H and O–H groups in total. The van der Waals surface area contributed by atoms with Crippen molar-refractivity contribution in [2.24, 2.45) is 0 Å². The number of likely N-dealkylation sites (tertiary alicyclic amines) is 1. The van der Waals surface area contributed by atoms with E-state index in [1.807, 2.05) is 19.2 Å². The number of benzene rings is 1. The maximum absolute atomic E-state index is 9.46. The quantitative estimate of drug-likeness (QED) is 0.871. The first-order chi connectivity index (χ1) is 9.20. The number of nitrogens with one attached hydrogen (secondary N) is 1. The highest BCUT2D eigenvalue weighted by molar-refractivity contribution is 6.32. The Morgan fingerprint density at radius 3 is 3.00 bits per heavy atom. The number of aromatic hydroxyl groups is 1. The van der Waals surface area contributed by atoms with Crippen molar-refractivity contribution in [3.63, 3.8) is 0 Å². The molecule has 1 unspecified atom stereocenters. The van der Waals surface area contributed by atoms with Gasteiger partial charge in [-0.05, 0) is 57.1 Å². The van der Waals surface area contributed by atoms with Crippen LogP contribution in [-0.2, 0) is 6.54 Å². The minimum absolute atomic E-state index is 0.163. The Balaban J connectivity index is 1.99. The third-order valence-corrected chi connectivity index (χ3v) is 4.18. The zero-order chi connectivity index (χ0) is 13.7. The van der Waals surface area contributed by atoms with Crippen molar-refractivity contribution in [3.8, 4) is 5.75 Å². The third kappa shape index (κ3) is 4.10. The Kier molecular flexibility index (Phi) is 5.49. The van der Waals surface area contributed by atoms with Crippen LogP contribution in [0.5, 0.6) is 5.75 Å². The smallest absolute Gasteiger partial charge is 0.134 e. The first kappa shape index (κ1) is 14.6. The highest BCUT2D eigenvalue weighted by Crippen LogP contribution is 2.26. The summed E-state index contributed by atoms with van der Waals surface area (Å²) in [6.45, 7) is 3.15. The van der Waals surface area contributed by atoms with E-state index < -0.39 is 0 Å². The molecule has 0 bridgehead atoms. The van der Waals surface area contributed by atoms with E-state index in [-0.39, 0.29) is 5.75 Å². The van der Waals surface area contributed by atoms with Gasteiger partial charge in [-0.1, -0.05) is 24.1 Å². The van der Waals surface area contributed by atoms with Gasteiger partial charge in [0.15, 0.2) is 0 Å². The number of phenols is 1. The molecular weight excluding hydrogens is 260 g/mol. The summed E-state index contributed by atoms with van der Waals surface area (Å²) in [7, 11) is 2.01. The fourth-order valence-corrected chi connectivity index (χ4v) is 2.99. The van der Waals surface area contributed by atoms with Gasteiger partial charge in [-0.25, -0.2) is 0 Å². The predicted octanol–water partition coefficient (Wildman–Crippen LogP) is 3.01. The second-order valence-electron chi connectivity index (χ2n) is 5.30. The van der Waals surface area contributed by atoms with Gasteiger partial charge in [0.25, 0.3) is 0 Å². The highest BCUT2D eigenvalue weighted by atomic mass is 35.5. The van der Waals surface area contributed by atoms with Crippen molar-refractivity contribution in [1.82, 2.24) is 10.2 Å². The lowest BCUT2D eigenvalue weighted by Gasteiger charge is -2.36. The molecule has 106 valence electrons. The van der Waals surface area contributed by atoms with E-state index in [9.17, 15) is 5.11 Å². The molecule has 0 radical (unpaired) electrons. The fourth-order valence-electron chi connectivity index (χ4n) is 2.79. The zero-order valence-corrected chi connectivity index (χ0v) is 12.3. The summed E-state index contributed by atoms with van der Waals surface area (Å²) >= 11 is 5.97. The lowest BCUT2D eigenvalue weighted by molar-refractivity contribution is 0.132. The summed E-state index contributed by atoms with van der Waals surface area (Å²) in [6, 6.07) is 6.18. The second kappa shape index (κ2) is 7.13. The van der Waals surface area contributed by atoms with Crippen molar-refractivity contribution in [2.75, 3.05) is 20.1 Å². The molecule has 0 spiro atoms. The minimum Gasteiger partial charge on any atom is -0.506 e. The molecule has 1 atom stereocenters. The van der Waals surface area contributed by atoms with Gasteiger partial charge in [0.1, 0.15) is 5.75 Å². The maximum atomic E-state index is 9.46. The van der Waals surface area contributed by atoms with E-state index in [4.69, 9.17) is 11.6 Å². The van der Waals surface area contributed by atoms with Crippen LogP contribution in [0.4, 0.5) is 0 Å². The van der Waals surface area contributed by atoms with Crippen molar-refractivity contribution < 1.29 is 5.11 Å². The van der Waals surface area contributed by atoms with Gasteiger partial charge in [0.05, 0.1) is 5.02 Å². The van der Waals surface area contributed by atoms with Crippen LogP contribution in [0, 0.1) is 0 Å². The number of hydrogen-bond donors (Lipinski definition) is 2. The maximum Gasteiger partial charge on any atom is 0.134 e. The zero-order valence-electron chi connectivity index (χ0n) is 11.5. The fraction of sp³-hybridized carbons (Fsp3) is 0.600. The topological polar surface area (TPSA) is 35.5 Å². The lowest BCUT2D eigenvalue weighted by Crippen LogP contribution is -2.40. The summed E-state index contributed by atoms with van der Waals surface area (Å²) in [5.74, 6) is 0.163. The lowest BCUT2D eigenvalue weighted by atomic mass is 9.98. The van der Waals surface area contributed by atoms with E-state index in [2.05, 4.69) is 10.2 Å². The molecule has 3 nitrogen and oxygen atoms in total. The molecule has 1 saturated heterocycles. The number of piperidine rings is 1. The molecule has 1 aliphatic heterocycles. The molecule has 0 aromatic heterocycles. The molecule has 4 heteroatoms. The molecule has 0 aliphatic carbocycles. The number of phenolic OH excluding ortho intramolecular Hbond substituents is 1. The summed E-state index contributed by atoms with van der Waals surface area (Å²) in [5, 5.41) is 13.1. The summed E-state index contributed by atoms with van der Waals surface area (Å²) in [6.07, 6.45) is 5.10. The average molecular weight is 283 g/mol. The Morgan fingerprint density at radius 2 is 2.26 bits per heavy atom. The molecule has 0 amide bonds. The van der Waals surface area contributed by atoms with Crippen LogP contribution >= 0.6 is 11.6 Å². The molecule has 1 heterocycles. The molecule has 19 heavy (non-hydrogen) atoms. The Hall–Kier alpha value is -0.770. The van der Waals surface area contributed by atoms with Gasteiger partial charge in [-0.15, -0.1) is 0 Å². The van der Waals surface area contributed by atoms with Gasteiger partial charge < -0.3 is 10.4 Å². The average Bonchev–Trinajstić information content (AvgIpc) is 2.42. The van der Waals surface area contributed by atoms with E-state index in [1.54, 1.807) is 6.07 Å². The van der Waals surface area contributed by atoms with E-state index in [1.165, 1.54) is 31.2 Å². The van der Waals surface area contributed by atoms with Crippen LogP contribution in [0.3, 0.4) is 0 Å². The molecule has 1 aromatic carbocycles. The SMILES string of the molecule is CNCCC1CCCCN1Cc1ccc(O)c(Cl)c1. The van der Waals surface area contributed by atoms with Crippen LogP contribution in [0.15, 0.2) is 18.2 Å². The van der Waals surface area contributed by atoms with Gasteiger partial charge in [0, 0.05) is 12.6 Å². The first-order valence-corrected chi connectivity index (χ1v) is 7.44. The molecule has 2 rings (SSSR count). The number of rotatable bonds is 5. The third-order valence-electron chi connectivity index (χ3n) is 3.87. The van der Waals surface area contributed by atoms with E-state index >= 15 is 0 Å². The van der Waals surface area contributed by atoms with Crippen molar-refractivity contribution >= 4 is 11.6 Å². The number of halogens is 1. The molecule has 1 aromatic rings. The van der Waals surface area contributed by atoms with Crippen molar-refractivity contribution in [2.45, 2.75) is 38.3 Å². The first-order valence-electron chi connectivity index (χ1n) is 7.06. The Labute approximate surface area is 120 Å². The monoisotopic (exact) mass is 282 g/mol. The predicted molar refractivity (Wildman–Crippen MR) is 79.7 cm³/mol. The van der Waals surface area contributed by atoms with Gasteiger partial charge in [-0.2, -0.15) is 0 Å². The van der Waals surface area contributed by atoms with Crippen molar-refractivity contribution in [1.29, 1.82) is 0 Å². The molecule has 1 fully saturated rings. The van der Waals surface area contributed by atoms with E-state index in [0.29, 0.717) is 11.1 Å². The van der Waals surface area contributed by atoms with Crippen LogP contribution in [0.2, 0.25) is 5.02 Å². The Morgan fingerprint density at radius 1 is 1.42 bits per heavy atom. The molecule has 0 saturated carbocycles. The molecular formula is C15H23ClN2O. The minimum atomic E-state index is 0.163.